The van der Waals surface area contributed by atoms with Gasteiger partial charge in [0.05, 0.1) is 0 Å². The van der Waals surface area contributed by atoms with Crippen molar-refractivity contribution in [3.8, 4) is 0 Å². The first-order valence-electron chi connectivity index (χ1n) is 10.2. The molecule has 1 nitrogen and oxygen atoms in total. The Morgan fingerprint density at radius 3 is 1.29 bits per heavy atom. The van der Waals surface area contributed by atoms with Crippen LogP contribution in [0.15, 0.2) is 91.0 Å². The number of hydrogen-bond acceptors (Lipinski definition) is 1. The third-order valence-corrected chi connectivity index (χ3v) is 15.6. The van der Waals surface area contributed by atoms with Crippen LogP contribution in [-0.2, 0) is 0 Å². The molecule has 3 aromatic rings. The normalized spacial score (nSPS) is 13.0. The molecule has 28 heavy (non-hydrogen) atoms. The van der Waals surface area contributed by atoms with Gasteiger partial charge in [-0.3, -0.25) is 0 Å². The molecule has 0 aliphatic rings. The minimum atomic E-state index is -2.74. The first-order chi connectivity index (χ1) is 13.7. The molecule has 0 spiro atoms. The first-order valence-corrected chi connectivity index (χ1v) is 14.6. The van der Waals surface area contributed by atoms with Gasteiger partial charge in [-0.1, -0.05) is 0 Å². The summed E-state index contributed by atoms with van der Waals surface area (Å²) in [4.78, 5) is 0. The van der Waals surface area contributed by atoms with Gasteiger partial charge >= 0.3 is 178 Å². The van der Waals surface area contributed by atoms with E-state index in [0.717, 1.165) is 25.4 Å². The van der Waals surface area contributed by atoms with E-state index in [1.807, 2.05) is 0 Å². The summed E-state index contributed by atoms with van der Waals surface area (Å²) in [7, 11) is 0. The van der Waals surface area contributed by atoms with E-state index in [0.29, 0.717) is 6.61 Å². The monoisotopic (exact) mass is 456 g/mol. The molecule has 0 aliphatic heterocycles. The Bertz CT molecular complexity index is 737. The quantitative estimate of drug-likeness (QED) is 0.303. The predicted molar refractivity (Wildman–Crippen MR) is 129 cm³/mol. The zero-order valence-corrected chi connectivity index (χ0v) is 18.9. The van der Waals surface area contributed by atoms with Gasteiger partial charge in [-0.15, -0.1) is 0 Å². The molecule has 0 unspecified atom stereocenters. The number of unbranched alkanes of at least 4 members (excludes halogenated alkanes) is 4. The summed E-state index contributed by atoms with van der Waals surface area (Å²) in [6.07, 6.45) is 6.65. The van der Waals surface area contributed by atoms with E-state index in [1.54, 1.807) is 0 Å². The van der Waals surface area contributed by atoms with Crippen molar-refractivity contribution in [2.24, 2.45) is 0 Å². The van der Waals surface area contributed by atoms with Crippen LogP contribution in [0.4, 0.5) is 0 Å². The third kappa shape index (κ3) is 4.25. The zero-order valence-electron chi connectivity index (χ0n) is 16.4. The van der Waals surface area contributed by atoms with Crippen LogP contribution in [0.25, 0.3) is 0 Å². The van der Waals surface area contributed by atoms with Gasteiger partial charge in [0.25, 0.3) is 0 Å². The van der Waals surface area contributed by atoms with Crippen molar-refractivity contribution in [3.05, 3.63) is 91.0 Å². The van der Waals surface area contributed by atoms with E-state index in [9.17, 15) is 0 Å². The van der Waals surface area contributed by atoms with Crippen molar-refractivity contribution in [1.29, 1.82) is 0 Å². The molecule has 0 aromatic heterocycles. The Morgan fingerprint density at radius 1 is 0.536 bits per heavy atom. The molecule has 0 radical (unpaired) electrons. The van der Waals surface area contributed by atoms with Crippen LogP contribution in [-0.4, -0.2) is 17.9 Å². The van der Waals surface area contributed by atoms with Gasteiger partial charge in [-0.2, -0.15) is 0 Å². The van der Waals surface area contributed by atoms with Crippen molar-refractivity contribution in [1.82, 2.24) is 0 Å². The van der Waals surface area contributed by atoms with E-state index in [-0.39, 0.29) is 0 Å². The van der Waals surface area contributed by atoms with Gasteiger partial charge in [-0.05, 0) is 0 Å². The van der Waals surface area contributed by atoms with Crippen LogP contribution in [0.2, 0.25) is 0 Å². The van der Waals surface area contributed by atoms with E-state index in [4.69, 9.17) is 5.11 Å². The molecule has 3 heteroatoms. The Balaban J connectivity index is 2.08. The second kappa shape index (κ2) is 9.83. The van der Waals surface area contributed by atoms with Crippen LogP contribution in [0.3, 0.4) is 0 Å². The standard InChI is InChI=1S/C25H30BrOP/c26-28(23-15-7-4-8-16-23,24-17-9-5-10-18-24,25-19-11-6-12-20-25)22-14-3-1-2-13-21-27/h4-12,15-20,27H,1-3,13-14,21-22H2. The maximum atomic E-state index is 9.04. The maximum absolute atomic E-state index is 9.04. The first kappa shape index (κ1) is 21.2. The molecular weight excluding hydrogens is 427 g/mol. The average Bonchev–Trinajstić information content (AvgIpc) is 2.78. The van der Waals surface area contributed by atoms with Crippen LogP contribution in [0.5, 0.6) is 0 Å². The molecule has 0 heterocycles. The summed E-state index contributed by atoms with van der Waals surface area (Å²) in [6, 6.07) is 33.0. The summed E-state index contributed by atoms with van der Waals surface area (Å²) in [6.45, 7) is 0.302. The number of rotatable bonds is 10. The SMILES string of the molecule is OCCCCCCCP(Br)(c1ccccc1)(c1ccccc1)c1ccccc1. The molecule has 3 aromatic carbocycles. The zero-order chi connectivity index (χ0) is 19.7. The summed E-state index contributed by atoms with van der Waals surface area (Å²) in [5, 5.41) is 10.5. The number of hydrogen-bond donors (Lipinski definition) is 1. The van der Waals surface area contributed by atoms with Crippen molar-refractivity contribution in [2.45, 2.75) is 32.1 Å². The van der Waals surface area contributed by atoms with Gasteiger partial charge in [0, 0.05) is 0 Å². The minimum absolute atomic E-state index is 0.302. The molecule has 0 bridgehead atoms. The van der Waals surface area contributed by atoms with Gasteiger partial charge in [-0.25, -0.2) is 0 Å². The Morgan fingerprint density at radius 2 is 0.893 bits per heavy atom. The molecule has 0 amide bonds. The van der Waals surface area contributed by atoms with Crippen molar-refractivity contribution >= 4 is 36.7 Å². The summed E-state index contributed by atoms with van der Waals surface area (Å²) in [5.74, 6) is 0. The molecule has 1 N–H and O–H groups in total. The summed E-state index contributed by atoms with van der Waals surface area (Å²) < 4.78 is 0. The van der Waals surface area contributed by atoms with Crippen LogP contribution >= 0.6 is 20.8 Å². The van der Waals surface area contributed by atoms with Crippen LogP contribution in [0, 0.1) is 0 Å². The molecule has 0 aliphatic carbocycles. The van der Waals surface area contributed by atoms with Gasteiger partial charge in [0.15, 0.2) is 0 Å². The van der Waals surface area contributed by atoms with Crippen LogP contribution < -0.4 is 15.9 Å². The fourth-order valence-corrected chi connectivity index (χ4v) is 11.8. The molecule has 0 saturated carbocycles. The van der Waals surface area contributed by atoms with Crippen molar-refractivity contribution in [3.63, 3.8) is 0 Å². The average molecular weight is 457 g/mol. The Hall–Kier alpha value is -1.47. The molecule has 3 rings (SSSR count). The molecule has 0 atom stereocenters. The summed E-state index contributed by atoms with van der Waals surface area (Å²) in [5.41, 5.74) is 0. The Labute approximate surface area is 177 Å². The molecule has 148 valence electrons. The van der Waals surface area contributed by atoms with E-state index >= 15 is 0 Å². The van der Waals surface area contributed by atoms with Gasteiger partial charge in [0.1, 0.15) is 0 Å². The molecule has 0 fully saturated rings. The van der Waals surface area contributed by atoms with E-state index < -0.39 is 5.31 Å². The van der Waals surface area contributed by atoms with E-state index in [1.165, 1.54) is 28.8 Å². The topological polar surface area (TPSA) is 20.2 Å². The number of aliphatic hydroxyl groups excluding tert-OH is 1. The fraction of sp³-hybridized carbons (Fsp3) is 0.280. The van der Waals surface area contributed by atoms with Crippen molar-refractivity contribution < 1.29 is 5.11 Å². The predicted octanol–water partition coefficient (Wildman–Crippen LogP) is 5.77. The van der Waals surface area contributed by atoms with E-state index in [2.05, 4.69) is 106 Å². The fourth-order valence-electron chi connectivity index (χ4n) is 4.10. The second-order valence-electron chi connectivity index (χ2n) is 7.40. The second-order valence-corrected chi connectivity index (χ2v) is 16.5. The van der Waals surface area contributed by atoms with Gasteiger partial charge in [0.2, 0.25) is 0 Å². The van der Waals surface area contributed by atoms with Gasteiger partial charge < -0.3 is 0 Å². The number of halogens is 1. The number of aliphatic hydroxyl groups is 1. The van der Waals surface area contributed by atoms with Crippen LogP contribution in [0.1, 0.15) is 32.1 Å². The summed E-state index contributed by atoms with van der Waals surface area (Å²) >= 11 is 4.49. The molecular formula is C25H30BrOP. The van der Waals surface area contributed by atoms with Crippen molar-refractivity contribution in [2.75, 3.05) is 12.8 Å². The Kier molecular flexibility index (Phi) is 7.46. The number of benzene rings is 3. The molecule has 0 saturated heterocycles. The third-order valence-electron chi connectivity index (χ3n) is 5.62.